The van der Waals surface area contributed by atoms with E-state index >= 15 is 0 Å². The second kappa shape index (κ2) is 10.4. The van der Waals surface area contributed by atoms with E-state index < -0.39 is 28.4 Å². The first-order chi connectivity index (χ1) is 14.6. The fraction of sp³-hybridized carbons (Fsp3) is 0.250. The van der Waals surface area contributed by atoms with Gasteiger partial charge in [0, 0.05) is 13.0 Å². The van der Waals surface area contributed by atoms with Crippen LogP contribution in [0.3, 0.4) is 0 Å². The number of amides is 1. The third-order valence-electron chi connectivity index (χ3n) is 3.89. The van der Waals surface area contributed by atoms with E-state index in [1.807, 2.05) is 0 Å². The van der Waals surface area contributed by atoms with Crippen LogP contribution in [0.15, 0.2) is 47.6 Å². The number of nitrogens with one attached hydrogen (secondary N) is 1. The first-order valence-electron chi connectivity index (χ1n) is 8.94. The van der Waals surface area contributed by atoms with Gasteiger partial charge in [0.1, 0.15) is 23.8 Å². The van der Waals surface area contributed by atoms with E-state index in [2.05, 4.69) is 10.5 Å². The Bertz CT molecular complexity index is 1070. The molecule has 0 radical (unpaired) electrons. The molecule has 10 nitrogen and oxygen atoms in total. The molecule has 31 heavy (non-hydrogen) atoms. The molecule has 0 saturated heterocycles. The summed E-state index contributed by atoms with van der Waals surface area (Å²) in [6.45, 7) is 0.788. The molecule has 0 aliphatic rings. The third kappa shape index (κ3) is 7.00. The lowest BCUT2D eigenvalue weighted by atomic mass is 10.2. The summed E-state index contributed by atoms with van der Waals surface area (Å²) in [6.07, 6.45) is 2.35. The number of hydrazone groups is 1. The van der Waals surface area contributed by atoms with Crippen molar-refractivity contribution in [3.8, 4) is 17.2 Å². The van der Waals surface area contributed by atoms with Crippen LogP contribution in [0.1, 0.15) is 12.5 Å². The average molecular weight is 449 g/mol. The monoisotopic (exact) mass is 449 g/mol. The standard InChI is InChI=1S/C20H23N3O7S/c1-14(24)30-16-7-5-15(6-8-16)12-21-22-20(25)13-23(31(4,26)27)18-10-9-17(28-2)11-19(18)29-3/h5-12H,13H2,1-4H3,(H,22,25)/b21-12-. The SMILES string of the molecule is COc1ccc(N(CC(=O)N/N=C\c2ccc(OC(C)=O)cc2)S(C)(=O)=O)c(OC)c1. The van der Waals surface area contributed by atoms with Crippen LogP contribution in [0.25, 0.3) is 0 Å². The Hall–Kier alpha value is -3.60. The molecule has 0 atom stereocenters. The highest BCUT2D eigenvalue weighted by atomic mass is 32.2. The number of anilines is 1. The molecule has 0 aliphatic heterocycles. The van der Waals surface area contributed by atoms with Gasteiger partial charge < -0.3 is 14.2 Å². The maximum absolute atomic E-state index is 12.3. The number of carbonyl (C=O) groups is 2. The minimum atomic E-state index is -3.80. The fourth-order valence-electron chi connectivity index (χ4n) is 2.50. The second-order valence-electron chi connectivity index (χ2n) is 6.26. The molecule has 11 heteroatoms. The van der Waals surface area contributed by atoms with Gasteiger partial charge in [-0.15, -0.1) is 0 Å². The van der Waals surface area contributed by atoms with E-state index in [1.165, 1.54) is 39.5 Å². The van der Waals surface area contributed by atoms with Crippen LogP contribution < -0.4 is 23.9 Å². The molecule has 2 aromatic rings. The molecular weight excluding hydrogens is 426 g/mol. The molecule has 0 saturated carbocycles. The molecule has 0 unspecified atom stereocenters. The molecule has 0 bridgehead atoms. The zero-order chi connectivity index (χ0) is 23.0. The largest absolute Gasteiger partial charge is 0.497 e. The molecule has 0 heterocycles. The summed E-state index contributed by atoms with van der Waals surface area (Å²) in [6, 6.07) is 11.0. The van der Waals surface area contributed by atoms with Crippen LogP contribution in [0, 0.1) is 0 Å². The van der Waals surface area contributed by atoms with Gasteiger partial charge >= 0.3 is 5.97 Å². The summed E-state index contributed by atoms with van der Waals surface area (Å²) in [4.78, 5) is 23.2. The van der Waals surface area contributed by atoms with Gasteiger partial charge in [0.05, 0.1) is 32.4 Å². The number of methoxy groups -OCH3 is 2. The molecule has 2 aromatic carbocycles. The van der Waals surface area contributed by atoms with Crippen LogP contribution in [0.5, 0.6) is 17.2 Å². The van der Waals surface area contributed by atoms with Crippen LogP contribution in [-0.2, 0) is 19.6 Å². The number of esters is 1. The van der Waals surface area contributed by atoms with Crippen molar-refractivity contribution in [1.82, 2.24) is 5.43 Å². The topological polar surface area (TPSA) is 124 Å². The Morgan fingerprint density at radius 2 is 1.71 bits per heavy atom. The number of sulfonamides is 1. The summed E-state index contributed by atoms with van der Waals surface area (Å²) < 4.78 is 40.7. The van der Waals surface area contributed by atoms with Gasteiger partial charge in [-0.25, -0.2) is 13.8 Å². The number of ether oxygens (including phenoxy) is 3. The van der Waals surface area contributed by atoms with Gasteiger partial charge in [-0.3, -0.25) is 13.9 Å². The maximum Gasteiger partial charge on any atom is 0.308 e. The van der Waals surface area contributed by atoms with Gasteiger partial charge in [0.2, 0.25) is 10.0 Å². The van der Waals surface area contributed by atoms with Crippen LogP contribution >= 0.6 is 0 Å². The van der Waals surface area contributed by atoms with Gasteiger partial charge in [-0.2, -0.15) is 5.10 Å². The van der Waals surface area contributed by atoms with Crippen molar-refractivity contribution in [1.29, 1.82) is 0 Å². The van der Waals surface area contributed by atoms with Gasteiger partial charge in [-0.1, -0.05) is 0 Å². The van der Waals surface area contributed by atoms with E-state index in [9.17, 15) is 18.0 Å². The van der Waals surface area contributed by atoms with E-state index in [0.717, 1.165) is 10.6 Å². The minimum absolute atomic E-state index is 0.186. The van der Waals surface area contributed by atoms with Gasteiger partial charge in [0.15, 0.2) is 0 Å². The Kier molecular flexibility index (Phi) is 7.97. The lowest BCUT2D eigenvalue weighted by Crippen LogP contribution is -2.39. The number of hydrogen-bond acceptors (Lipinski definition) is 8. The summed E-state index contributed by atoms with van der Waals surface area (Å²) in [5, 5.41) is 3.83. The highest BCUT2D eigenvalue weighted by Crippen LogP contribution is 2.33. The summed E-state index contributed by atoms with van der Waals surface area (Å²) in [5.74, 6) is -0.00336. The molecule has 0 aliphatic carbocycles. The van der Waals surface area contributed by atoms with Crippen molar-refractivity contribution in [2.45, 2.75) is 6.92 Å². The molecule has 166 valence electrons. The predicted octanol–water partition coefficient (Wildman–Crippen LogP) is 1.55. The number of nitrogens with zero attached hydrogens (tertiary/aromatic N) is 2. The number of carbonyl (C=O) groups excluding carboxylic acids is 2. The highest BCUT2D eigenvalue weighted by Gasteiger charge is 2.24. The van der Waals surface area contributed by atoms with Crippen molar-refractivity contribution in [3.05, 3.63) is 48.0 Å². The molecule has 0 fully saturated rings. The normalized spacial score (nSPS) is 11.1. The summed E-state index contributed by atoms with van der Waals surface area (Å²) >= 11 is 0. The zero-order valence-electron chi connectivity index (χ0n) is 17.5. The molecule has 1 amide bonds. The predicted molar refractivity (Wildman–Crippen MR) is 115 cm³/mol. The highest BCUT2D eigenvalue weighted by molar-refractivity contribution is 7.92. The minimum Gasteiger partial charge on any atom is -0.497 e. The Morgan fingerprint density at radius 3 is 2.26 bits per heavy atom. The molecular formula is C20H23N3O7S. The maximum atomic E-state index is 12.3. The zero-order valence-corrected chi connectivity index (χ0v) is 18.3. The van der Waals surface area contributed by atoms with Gasteiger partial charge in [-0.05, 0) is 42.0 Å². The van der Waals surface area contributed by atoms with Crippen molar-refractivity contribution in [2.75, 3.05) is 31.3 Å². The van der Waals surface area contributed by atoms with E-state index in [1.54, 1.807) is 30.3 Å². The fourth-order valence-corrected chi connectivity index (χ4v) is 3.36. The first kappa shape index (κ1) is 23.7. The molecule has 1 N–H and O–H groups in total. The van der Waals surface area contributed by atoms with E-state index in [4.69, 9.17) is 14.2 Å². The number of rotatable bonds is 9. The smallest absolute Gasteiger partial charge is 0.308 e. The molecule has 0 aromatic heterocycles. The van der Waals surface area contributed by atoms with E-state index in [0.29, 0.717) is 17.1 Å². The van der Waals surface area contributed by atoms with Crippen molar-refractivity contribution in [2.24, 2.45) is 5.10 Å². The Labute approximate surface area is 180 Å². The Morgan fingerprint density at radius 1 is 1.06 bits per heavy atom. The van der Waals surface area contributed by atoms with Crippen LogP contribution in [0.4, 0.5) is 5.69 Å². The summed E-state index contributed by atoms with van der Waals surface area (Å²) in [5.41, 5.74) is 3.10. The summed E-state index contributed by atoms with van der Waals surface area (Å²) in [7, 11) is -0.944. The van der Waals surface area contributed by atoms with Crippen molar-refractivity contribution >= 4 is 33.8 Å². The quantitative estimate of drug-likeness (QED) is 0.267. The van der Waals surface area contributed by atoms with Crippen molar-refractivity contribution < 1.29 is 32.2 Å². The van der Waals surface area contributed by atoms with Crippen LogP contribution in [0.2, 0.25) is 0 Å². The van der Waals surface area contributed by atoms with E-state index in [-0.39, 0.29) is 11.4 Å². The van der Waals surface area contributed by atoms with Crippen LogP contribution in [-0.4, -0.2) is 53.5 Å². The number of benzene rings is 2. The lowest BCUT2D eigenvalue weighted by Gasteiger charge is -2.23. The second-order valence-corrected chi connectivity index (χ2v) is 8.17. The Balaban J connectivity index is 2.10. The first-order valence-corrected chi connectivity index (χ1v) is 10.8. The molecule has 2 rings (SSSR count). The van der Waals surface area contributed by atoms with Crippen molar-refractivity contribution in [3.63, 3.8) is 0 Å². The third-order valence-corrected chi connectivity index (χ3v) is 5.01. The van der Waals surface area contributed by atoms with Gasteiger partial charge in [0.25, 0.3) is 5.91 Å². The average Bonchev–Trinajstić information content (AvgIpc) is 2.71. The number of hydrogen-bond donors (Lipinski definition) is 1. The molecule has 0 spiro atoms. The lowest BCUT2D eigenvalue weighted by molar-refractivity contribution is -0.131.